The van der Waals surface area contributed by atoms with Gasteiger partial charge < -0.3 is 37.9 Å². The van der Waals surface area contributed by atoms with Crippen LogP contribution in [0.1, 0.15) is 150 Å². The Labute approximate surface area is 784 Å². The van der Waals surface area contributed by atoms with Crippen LogP contribution in [0.5, 0.6) is 34.5 Å². The molecule has 0 N–H and O–H groups in total. The highest BCUT2D eigenvalue weighted by molar-refractivity contribution is 7.98. The smallest absolute Gasteiger partial charge is 0.491 e. The Hall–Kier alpha value is -8.72. The molecule has 0 bridgehead atoms. The summed E-state index contributed by atoms with van der Waals surface area (Å²) in [5.74, 6) is 13.5. The van der Waals surface area contributed by atoms with E-state index in [4.69, 9.17) is 28.4 Å². The lowest BCUT2D eigenvalue weighted by Gasteiger charge is -2.16. The van der Waals surface area contributed by atoms with Gasteiger partial charge in [-0.3, -0.25) is 9.59 Å². The molecular formula is C107H122F6O12S6+6. The summed E-state index contributed by atoms with van der Waals surface area (Å²) < 4.78 is 117. The molecule has 0 spiro atoms. The molecule has 0 amide bonds. The van der Waals surface area contributed by atoms with Gasteiger partial charge in [-0.1, -0.05) is 136 Å². The molecule has 18 rings (SSSR count). The second kappa shape index (κ2) is 50.6. The van der Waals surface area contributed by atoms with Crippen molar-refractivity contribution < 1.29 is 83.4 Å². The molecule has 6 aliphatic rings. The minimum absolute atomic E-state index is 0.0349. The SMILES string of the molecule is CC(=O)Oc1ccc([S+]2CCCC2)c2ccccc12.CC(=O)Oc1ccc([S+]2CCCCC2)c2ccccc12.CCCCOCCOc1ccc([S+]2CCCC2)c2ccccc12.CCCCOCCOc1ccc([S+]2CCCCC2)c2ccccc12.O=C(Oc1ccc([S+]2CCCC2)c2ccccc12)C(F)(F)F.O=C(Oc1ccc([S+]2CCCCC2)c2ccccc12)C(F)(F)F. The molecule has 0 unspecified atom stereocenters. The highest BCUT2D eigenvalue weighted by atomic mass is 32.2. The Morgan fingerprint density at radius 2 is 0.435 bits per heavy atom. The minimum atomic E-state index is -5.00. The predicted molar refractivity (Wildman–Crippen MR) is 534 cm³/mol. The summed E-state index contributed by atoms with van der Waals surface area (Å²) in [6.45, 7) is 11.5. The molecule has 6 heterocycles. The largest absolute Gasteiger partial charge is 0.491 e. The van der Waals surface area contributed by atoms with E-state index in [1.807, 2.05) is 66.7 Å². The number of benzene rings is 12. The zero-order valence-electron chi connectivity index (χ0n) is 75.6. The molecule has 0 radical (unpaired) electrons. The number of hydrogen-bond donors (Lipinski definition) is 0. The van der Waals surface area contributed by atoms with E-state index in [2.05, 4.69) is 133 Å². The minimum Gasteiger partial charge on any atom is -0.491 e. The standard InChI is InChI=1S/C21H29O2S.C20H27O2S.C17H16F3O2S.C17H19O2S.C16H14F3O2S.C16H17O2S/c1-2-3-13-22-14-15-23-20-11-12-21(24-16-7-4-8-17-24)19-10-6-5-9-18(19)20;1-2-3-12-21-13-14-22-19-10-11-20(23-15-6-7-16-23)18-9-5-4-8-17(18)19;18-17(19,20)16(21)22-14-8-9-15(23-10-4-1-5-11-23)13-7-3-2-6-12(13)14;1-13(18)19-16-9-10-17(20-11-5-2-6-12-20)15-8-4-3-7-14(15)16;17-16(18,19)15(20)21-13-7-8-14(22-9-3-4-10-22)12-6-2-1-5-11(12)13;1-12(17)18-15-8-9-16(19-10-4-5-11-19)14-7-3-2-6-13(14)15/h5-6,9-12H,2-4,7-8,13-17H2,1H3;4-5,8-11H,2-3,6-7,12-16H2,1H3;2-3,6-9H,1,4-5,10-11H2;3-4,7-10H,2,5-6,11-12H2,1H3;1-2,5-8H,3-4,9-10H2;2-3,6-9H,4-5,10-11H2,1H3/q6*+1. The van der Waals surface area contributed by atoms with Crippen molar-refractivity contribution in [2.24, 2.45) is 0 Å². The maximum absolute atomic E-state index is 12.4. The molecule has 131 heavy (non-hydrogen) atoms. The summed E-state index contributed by atoms with van der Waals surface area (Å²) in [5, 5.41) is 12.7. The molecule has 0 atom stereocenters. The lowest BCUT2D eigenvalue weighted by Crippen LogP contribution is -2.28. The number of fused-ring (bicyclic) bond motifs is 6. The Kier molecular flexibility index (Phi) is 38.5. The van der Waals surface area contributed by atoms with Crippen molar-refractivity contribution in [2.75, 3.05) is 109 Å². The molecule has 12 aromatic carbocycles. The van der Waals surface area contributed by atoms with Crippen LogP contribution < -0.4 is 28.4 Å². The van der Waals surface area contributed by atoms with Crippen molar-refractivity contribution >= 4 is 154 Å². The van der Waals surface area contributed by atoms with Crippen molar-refractivity contribution in [3.63, 3.8) is 0 Å². The third-order valence-electron chi connectivity index (χ3n) is 23.5. The molecule has 6 aliphatic heterocycles. The molecule has 0 aliphatic carbocycles. The van der Waals surface area contributed by atoms with Crippen LogP contribution in [0, 0.1) is 0 Å². The molecule has 12 nitrogen and oxygen atoms in total. The van der Waals surface area contributed by atoms with E-state index in [-0.39, 0.29) is 45.2 Å². The van der Waals surface area contributed by atoms with E-state index < -0.39 is 24.3 Å². The number of unbranched alkanes of at least 4 members (excludes halogenated alkanes) is 2. The lowest BCUT2D eigenvalue weighted by molar-refractivity contribution is -0.189. The number of rotatable bonds is 24. The Morgan fingerprint density at radius 3 is 0.641 bits per heavy atom. The number of carbonyl (C=O) groups excluding carboxylic acids is 4. The molecule has 694 valence electrons. The van der Waals surface area contributed by atoms with Crippen LogP contribution in [0.25, 0.3) is 64.6 Å². The first-order valence-electron chi connectivity index (χ1n) is 46.3. The number of carbonyl (C=O) groups is 4. The summed E-state index contributed by atoms with van der Waals surface area (Å²) in [6, 6.07) is 72.0. The topological polar surface area (TPSA) is 142 Å². The van der Waals surface area contributed by atoms with Crippen LogP contribution in [-0.2, 0) is 94.0 Å². The van der Waals surface area contributed by atoms with E-state index in [0.29, 0.717) is 92.3 Å². The summed E-state index contributed by atoms with van der Waals surface area (Å²) >= 11 is 0. The van der Waals surface area contributed by atoms with E-state index in [1.165, 1.54) is 233 Å². The van der Waals surface area contributed by atoms with Gasteiger partial charge in [0.25, 0.3) is 0 Å². The van der Waals surface area contributed by atoms with E-state index in [9.17, 15) is 45.5 Å². The predicted octanol–water partition coefficient (Wildman–Crippen LogP) is 26.0. The molecule has 24 heteroatoms. The summed E-state index contributed by atoms with van der Waals surface area (Å²) in [4.78, 5) is 52.9. The Balaban J connectivity index is 0.000000134. The van der Waals surface area contributed by atoms with Gasteiger partial charge in [0.05, 0.1) is 13.2 Å². The lowest BCUT2D eigenvalue weighted by atomic mass is 10.1. The average molecular weight is 1910 g/mol. The van der Waals surface area contributed by atoms with E-state index >= 15 is 0 Å². The molecule has 12 aromatic rings. The Morgan fingerprint density at radius 1 is 0.244 bits per heavy atom. The second-order valence-corrected chi connectivity index (χ2v) is 46.4. The maximum atomic E-state index is 12.4. The van der Waals surface area contributed by atoms with Crippen LogP contribution in [0.3, 0.4) is 0 Å². The fourth-order valence-corrected chi connectivity index (χ4v) is 32.1. The number of halogens is 6. The van der Waals surface area contributed by atoms with Gasteiger partial charge in [0.15, 0.2) is 29.4 Å². The van der Waals surface area contributed by atoms with Crippen LogP contribution in [0.2, 0.25) is 0 Å². The first kappa shape index (κ1) is 99.7. The van der Waals surface area contributed by atoms with Crippen molar-refractivity contribution in [3.05, 3.63) is 218 Å². The number of hydrogen-bond acceptors (Lipinski definition) is 12. The van der Waals surface area contributed by atoms with E-state index in [0.717, 1.165) is 91.9 Å². The van der Waals surface area contributed by atoms with Crippen molar-refractivity contribution in [2.45, 2.75) is 191 Å². The van der Waals surface area contributed by atoms with Crippen molar-refractivity contribution in [1.29, 1.82) is 0 Å². The quantitative estimate of drug-likeness (QED) is 0.0187. The fraction of sp³-hybridized carbons (Fsp3) is 0.402. The zero-order valence-corrected chi connectivity index (χ0v) is 80.5. The van der Waals surface area contributed by atoms with Gasteiger partial charge in [-0.15, -0.1) is 0 Å². The molecule has 0 saturated carbocycles. The van der Waals surface area contributed by atoms with Gasteiger partial charge in [0, 0.05) is 157 Å². The second-order valence-electron chi connectivity index (χ2n) is 32.9. The molecular weight excluding hydrogens is 1780 g/mol. The molecule has 6 saturated heterocycles. The number of alkyl halides is 6. The average Bonchev–Trinajstić information content (AvgIpc) is 1.75. The monoisotopic (exact) mass is 1900 g/mol. The highest BCUT2D eigenvalue weighted by Crippen LogP contribution is 2.43. The zero-order chi connectivity index (χ0) is 91.9. The molecule has 0 aromatic heterocycles. The third-order valence-corrected chi connectivity index (χ3v) is 38.7. The third kappa shape index (κ3) is 28.0. The van der Waals surface area contributed by atoms with E-state index in [1.54, 1.807) is 30.3 Å². The Bertz CT molecular complexity index is 5740. The van der Waals surface area contributed by atoms with Crippen LogP contribution in [0.15, 0.2) is 248 Å². The summed E-state index contributed by atoms with van der Waals surface area (Å²) in [6.07, 6.45) is 14.2. The molecule has 6 fully saturated rings. The first-order chi connectivity index (χ1) is 63.7. The van der Waals surface area contributed by atoms with Crippen molar-refractivity contribution in [1.82, 2.24) is 0 Å². The van der Waals surface area contributed by atoms with Gasteiger partial charge in [-0.2, -0.15) is 26.3 Å². The van der Waals surface area contributed by atoms with Gasteiger partial charge in [0.2, 0.25) is 0 Å². The van der Waals surface area contributed by atoms with Gasteiger partial charge >= 0.3 is 36.2 Å². The van der Waals surface area contributed by atoms with Gasteiger partial charge in [0.1, 0.15) is 117 Å². The first-order valence-corrected chi connectivity index (χ1v) is 55.6. The number of esters is 4. The maximum Gasteiger partial charge on any atom is 0.491 e. The van der Waals surface area contributed by atoms with Crippen LogP contribution in [-0.4, -0.2) is 145 Å². The van der Waals surface area contributed by atoms with Crippen LogP contribution >= 0.6 is 0 Å². The summed E-state index contributed by atoms with van der Waals surface area (Å²) in [7, 11) is 1.83. The van der Waals surface area contributed by atoms with Gasteiger partial charge in [-0.25, -0.2) is 9.59 Å². The highest BCUT2D eigenvalue weighted by Gasteiger charge is 2.44. The summed E-state index contributed by atoms with van der Waals surface area (Å²) in [5.41, 5.74) is 0. The fourth-order valence-electron chi connectivity index (χ4n) is 17.1. The van der Waals surface area contributed by atoms with Crippen molar-refractivity contribution in [3.8, 4) is 34.5 Å². The number of ether oxygens (including phenoxy) is 8. The van der Waals surface area contributed by atoms with Crippen LogP contribution in [0.4, 0.5) is 26.3 Å². The normalized spacial score (nSPS) is 16.0. The van der Waals surface area contributed by atoms with Gasteiger partial charge in [-0.05, 0) is 218 Å².